The molecule has 0 aliphatic carbocycles. The van der Waals surface area contributed by atoms with Crippen molar-refractivity contribution in [2.24, 2.45) is 0 Å². The minimum Gasteiger partial charge on any atom is -0.370 e. The maximum atomic E-state index is 13.5. The Hall–Kier alpha value is -2.64. The van der Waals surface area contributed by atoms with Crippen LogP contribution in [0.2, 0.25) is 0 Å². The van der Waals surface area contributed by atoms with Crippen molar-refractivity contribution >= 4 is 17.4 Å². The third-order valence-electron chi connectivity index (χ3n) is 2.74. The monoisotopic (exact) mass is 310 g/mol. The molecular weight excluding hydrogens is 297 g/mol. The Kier molecular flexibility index (Phi) is 4.92. The number of aromatic nitrogens is 2. The number of amides is 1. The van der Waals surface area contributed by atoms with Crippen LogP contribution in [0.15, 0.2) is 24.5 Å². The van der Waals surface area contributed by atoms with Gasteiger partial charge in [-0.15, -0.1) is 0 Å². The SMILES string of the molecule is CCCNc1cc(C(=O)Nc2ccc(F)c(F)c2F)ncn1. The largest absolute Gasteiger partial charge is 0.370 e. The van der Waals surface area contributed by atoms with Crippen LogP contribution in [-0.2, 0) is 0 Å². The number of hydrogen-bond acceptors (Lipinski definition) is 4. The number of benzene rings is 1. The van der Waals surface area contributed by atoms with E-state index in [2.05, 4.69) is 20.6 Å². The van der Waals surface area contributed by atoms with E-state index in [1.165, 1.54) is 12.4 Å². The van der Waals surface area contributed by atoms with Crippen LogP contribution < -0.4 is 10.6 Å². The van der Waals surface area contributed by atoms with Crippen molar-refractivity contribution < 1.29 is 18.0 Å². The molecule has 0 saturated carbocycles. The average Bonchev–Trinajstić information content (AvgIpc) is 2.53. The van der Waals surface area contributed by atoms with E-state index in [0.717, 1.165) is 18.6 Å². The molecule has 2 rings (SSSR count). The lowest BCUT2D eigenvalue weighted by molar-refractivity contribution is 0.102. The van der Waals surface area contributed by atoms with E-state index in [0.29, 0.717) is 12.4 Å². The smallest absolute Gasteiger partial charge is 0.274 e. The maximum absolute atomic E-state index is 13.5. The minimum atomic E-state index is -1.65. The molecule has 1 heterocycles. The van der Waals surface area contributed by atoms with Gasteiger partial charge in [-0.2, -0.15) is 0 Å². The Morgan fingerprint density at radius 1 is 1.18 bits per heavy atom. The molecule has 1 amide bonds. The summed E-state index contributed by atoms with van der Waals surface area (Å²) in [5.41, 5.74) is -0.497. The number of nitrogens with zero attached hydrogens (tertiary/aromatic N) is 2. The zero-order valence-electron chi connectivity index (χ0n) is 11.7. The van der Waals surface area contributed by atoms with Gasteiger partial charge in [0.25, 0.3) is 5.91 Å². The summed E-state index contributed by atoms with van der Waals surface area (Å²) in [6.45, 7) is 2.63. The maximum Gasteiger partial charge on any atom is 0.274 e. The molecule has 1 aromatic carbocycles. The molecule has 2 aromatic rings. The second kappa shape index (κ2) is 6.88. The molecule has 0 fully saturated rings. The summed E-state index contributed by atoms with van der Waals surface area (Å²) in [5, 5.41) is 5.11. The fourth-order valence-corrected chi connectivity index (χ4v) is 1.64. The first-order valence-corrected chi connectivity index (χ1v) is 6.53. The second-order valence-corrected chi connectivity index (χ2v) is 4.39. The van der Waals surface area contributed by atoms with Gasteiger partial charge in [0.1, 0.15) is 17.8 Å². The fourth-order valence-electron chi connectivity index (χ4n) is 1.64. The first-order chi connectivity index (χ1) is 10.5. The van der Waals surface area contributed by atoms with Gasteiger partial charge in [-0.1, -0.05) is 6.92 Å². The van der Waals surface area contributed by atoms with E-state index < -0.39 is 29.0 Å². The van der Waals surface area contributed by atoms with Gasteiger partial charge in [-0.05, 0) is 18.6 Å². The van der Waals surface area contributed by atoms with Crippen LogP contribution in [0, 0.1) is 17.5 Å². The predicted octanol–water partition coefficient (Wildman–Crippen LogP) is 2.97. The number of nitrogens with one attached hydrogen (secondary N) is 2. The highest BCUT2D eigenvalue weighted by Gasteiger charge is 2.16. The second-order valence-electron chi connectivity index (χ2n) is 4.39. The fraction of sp³-hybridized carbons (Fsp3) is 0.214. The van der Waals surface area contributed by atoms with Crippen molar-refractivity contribution in [2.45, 2.75) is 13.3 Å². The Balaban J connectivity index is 2.17. The number of halogens is 3. The van der Waals surface area contributed by atoms with Crippen molar-refractivity contribution in [3.05, 3.63) is 47.7 Å². The summed E-state index contributed by atoms with van der Waals surface area (Å²) >= 11 is 0. The zero-order chi connectivity index (χ0) is 16.1. The van der Waals surface area contributed by atoms with Crippen LogP contribution in [0.5, 0.6) is 0 Å². The molecule has 0 spiro atoms. The van der Waals surface area contributed by atoms with E-state index in [1.807, 2.05) is 6.92 Å². The Bertz CT molecular complexity index is 694. The molecule has 22 heavy (non-hydrogen) atoms. The number of carbonyl (C=O) groups excluding carboxylic acids is 1. The van der Waals surface area contributed by atoms with E-state index in [9.17, 15) is 18.0 Å². The van der Waals surface area contributed by atoms with Gasteiger partial charge in [0.2, 0.25) is 0 Å². The highest BCUT2D eigenvalue weighted by atomic mass is 19.2. The Morgan fingerprint density at radius 3 is 2.68 bits per heavy atom. The first kappa shape index (κ1) is 15.7. The molecule has 0 aliphatic rings. The zero-order valence-corrected chi connectivity index (χ0v) is 11.7. The summed E-state index contributed by atoms with van der Waals surface area (Å²) < 4.78 is 39.5. The third-order valence-corrected chi connectivity index (χ3v) is 2.74. The summed E-state index contributed by atoms with van der Waals surface area (Å²) in [6.07, 6.45) is 2.04. The molecule has 116 valence electrons. The molecule has 1 aromatic heterocycles. The number of carbonyl (C=O) groups is 1. The molecule has 0 unspecified atom stereocenters. The summed E-state index contributed by atoms with van der Waals surface area (Å²) in [5.74, 6) is -4.76. The first-order valence-electron chi connectivity index (χ1n) is 6.53. The summed E-state index contributed by atoms with van der Waals surface area (Å²) in [7, 11) is 0. The van der Waals surface area contributed by atoms with Gasteiger partial charge < -0.3 is 10.6 Å². The van der Waals surface area contributed by atoms with Crippen LogP contribution >= 0.6 is 0 Å². The van der Waals surface area contributed by atoms with E-state index in [-0.39, 0.29) is 5.69 Å². The number of hydrogen-bond donors (Lipinski definition) is 2. The van der Waals surface area contributed by atoms with Gasteiger partial charge >= 0.3 is 0 Å². The van der Waals surface area contributed by atoms with Crippen LogP contribution in [0.3, 0.4) is 0 Å². The molecule has 0 bridgehead atoms. The number of rotatable bonds is 5. The van der Waals surface area contributed by atoms with Crippen molar-refractivity contribution in [1.82, 2.24) is 9.97 Å². The van der Waals surface area contributed by atoms with Crippen LogP contribution in [-0.4, -0.2) is 22.4 Å². The van der Waals surface area contributed by atoms with Gasteiger partial charge in [-0.3, -0.25) is 4.79 Å². The lowest BCUT2D eigenvalue weighted by Gasteiger charge is -2.08. The van der Waals surface area contributed by atoms with E-state index in [1.54, 1.807) is 0 Å². The van der Waals surface area contributed by atoms with Gasteiger partial charge in [-0.25, -0.2) is 23.1 Å². The average molecular weight is 310 g/mol. The molecule has 0 radical (unpaired) electrons. The van der Waals surface area contributed by atoms with E-state index in [4.69, 9.17) is 0 Å². The lowest BCUT2D eigenvalue weighted by Crippen LogP contribution is -2.16. The van der Waals surface area contributed by atoms with Crippen LogP contribution in [0.4, 0.5) is 24.7 Å². The topological polar surface area (TPSA) is 66.9 Å². The number of anilines is 2. The van der Waals surface area contributed by atoms with Crippen molar-refractivity contribution in [3.8, 4) is 0 Å². The summed E-state index contributed by atoms with van der Waals surface area (Å²) in [6, 6.07) is 3.04. The summed E-state index contributed by atoms with van der Waals surface area (Å²) in [4.78, 5) is 19.7. The molecule has 0 saturated heterocycles. The molecule has 0 atom stereocenters. The third kappa shape index (κ3) is 3.51. The van der Waals surface area contributed by atoms with Crippen molar-refractivity contribution in [2.75, 3.05) is 17.2 Å². The van der Waals surface area contributed by atoms with Crippen molar-refractivity contribution in [1.29, 1.82) is 0 Å². The normalized spacial score (nSPS) is 10.4. The molecular formula is C14H13F3N4O. The molecule has 8 heteroatoms. The van der Waals surface area contributed by atoms with Crippen LogP contribution in [0.25, 0.3) is 0 Å². The molecule has 0 aliphatic heterocycles. The lowest BCUT2D eigenvalue weighted by atomic mass is 10.2. The highest BCUT2D eigenvalue weighted by molar-refractivity contribution is 6.03. The minimum absolute atomic E-state index is 0.0299. The Labute approximate surface area is 124 Å². The standard InChI is InChI=1S/C14H13F3N4O/c1-2-5-18-11-6-10(19-7-20-11)14(22)21-9-4-3-8(15)12(16)13(9)17/h3-4,6-7H,2,5H2,1H3,(H,21,22)(H,18,19,20). The van der Waals surface area contributed by atoms with Gasteiger partial charge in [0.05, 0.1) is 5.69 Å². The Morgan fingerprint density at radius 2 is 1.95 bits per heavy atom. The van der Waals surface area contributed by atoms with Crippen molar-refractivity contribution in [3.63, 3.8) is 0 Å². The molecule has 2 N–H and O–H groups in total. The van der Waals surface area contributed by atoms with E-state index >= 15 is 0 Å². The predicted molar refractivity (Wildman–Crippen MR) is 75.1 cm³/mol. The molecule has 5 nitrogen and oxygen atoms in total. The van der Waals surface area contributed by atoms with Gasteiger partial charge in [0, 0.05) is 12.6 Å². The van der Waals surface area contributed by atoms with Gasteiger partial charge in [0.15, 0.2) is 17.5 Å². The highest BCUT2D eigenvalue weighted by Crippen LogP contribution is 2.20. The van der Waals surface area contributed by atoms with Crippen LogP contribution in [0.1, 0.15) is 23.8 Å². The quantitative estimate of drug-likeness (QED) is 0.833.